The number of carbonyl (C=O) groups excluding carboxylic acids is 1. The van der Waals surface area contributed by atoms with E-state index >= 15 is 0 Å². The lowest BCUT2D eigenvalue weighted by Crippen LogP contribution is -2.40. The first-order valence-electron chi connectivity index (χ1n) is 11.0. The average Bonchev–Trinajstić information content (AvgIpc) is 3.10. The van der Waals surface area contributed by atoms with Gasteiger partial charge in [-0.25, -0.2) is 8.42 Å². The van der Waals surface area contributed by atoms with Crippen molar-refractivity contribution in [2.24, 2.45) is 5.92 Å². The van der Waals surface area contributed by atoms with E-state index in [1.54, 1.807) is 23.5 Å². The summed E-state index contributed by atoms with van der Waals surface area (Å²) in [5.41, 5.74) is 0.998. The molecule has 0 unspecified atom stereocenters. The lowest BCUT2D eigenvalue weighted by molar-refractivity contribution is -0.151. The Hall–Kier alpha value is -2.62. The molecule has 0 saturated carbocycles. The van der Waals surface area contributed by atoms with E-state index in [4.69, 9.17) is 14.2 Å². The quantitative estimate of drug-likeness (QED) is 0.502. The fourth-order valence-corrected chi connectivity index (χ4v) is 6.63. The standard InChI is InChI=1S/C24H25NO6S2/c26-24(31-15-18-16-32-23-5-2-1-4-20(18)23)17-8-10-25(11-9-17)33(27,28)19-6-7-21-22(14-19)30-13-3-12-29-21/h1-2,4-7,14,16-17H,3,8-13,15H2. The number of hydrogen-bond donors (Lipinski definition) is 0. The van der Waals surface area contributed by atoms with Crippen LogP contribution in [0.4, 0.5) is 0 Å². The molecule has 33 heavy (non-hydrogen) atoms. The summed E-state index contributed by atoms with van der Waals surface area (Å²) in [5.74, 6) is 0.447. The van der Waals surface area contributed by atoms with Crippen molar-refractivity contribution in [3.05, 3.63) is 53.4 Å². The molecule has 0 atom stereocenters. The predicted octanol–water partition coefficient (Wildman–Crippen LogP) is 4.21. The molecule has 1 aromatic heterocycles. The third-order valence-corrected chi connectivity index (χ3v) is 8.98. The second-order valence-electron chi connectivity index (χ2n) is 8.20. The number of piperidine rings is 1. The number of benzene rings is 2. The van der Waals surface area contributed by atoms with Crippen molar-refractivity contribution < 1.29 is 27.4 Å². The molecule has 0 aliphatic carbocycles. The first kappa shape index (κ1) is 22.2. The molecule has 174 valence electrons. The largest absolute Gasteiger partial charge is 0.490 e. The Kier molecular flexibility index (Phi) is 6.27. The Morgan fingerprint density at radius 2 is 1.82 bits per heavy atom. The summed E-state index contributed by atoms with van der Waals surface area (Å²) in [4.78, 5) is 12.8. The molecule has 3 aromatic rings. The summed E-state index contributed by atoms with van der Waals surface area (Å²) < 4.78 is 45.7. The van der Waals surface area contributed by atoms with Crippen LogP contribution in [0.15, 0.2) is 52.7 Å². The number of rotatable bonds is 5. The van der Waals surface area contributed by atoms with Crippen molar-refractivity contribution in [1.29, 1.82) is 0 Å². The Bertz CT molecular complexity index is 1260. The van der Waals surface area contributed by atoms with Crippen LogP contribution in [0.2, 0.25) is 0 Å². The SMILES string of the molecule is O=C(OCc1csc2ccccc12)C1CCN(S(=O)(=O)c2ccc3c(c2)OCCCO3)CC1. The van der Waals surface area contributed by atoms with Crippen LogP contribution >= 0.6 is 11.3 Å². The molecule has 5 rings (SSSR count). The van der Waals surface area contributed by atoms with Gasteiger partial charge in [0.2, 0.25) is 10.0 Å². The molecule has 1 fully saturated rings. The van der Waals surface area contributed by atoms with Crippen LogP contribution in [0.3, 0.4) is 0 Å². The maximum absolute atomic E-state index is 13.2. The van der Waals surface area contributed by atoms with Crippen LogP contribution in [0.1, 0.15) is 24.8 Å². The minimum Gasteiger partial charge on any atom is -0.490 e. The molecule has 1 saturated heterocycles. The summed E-state index contributed by atoms with van der Waals surface area (Å²) >= 11 is 1.63. The number of sulfonamides is 1. The van der Waals surface area contributed by atoms with E-state index in [2.05, 4.69) is 0 Å². The third kappa shape index (κ3) is 4.58. The normalized spacial score (nSPS) is 17.6. The summed E-state index contributed by atoms with van der Waals surface area (Å²) in [6.07, 6.45) is 1.63. The van der Waals surface area contributed by atoms with Gasteiger partial charge in [-0.05, 0) is 41.8 Å². The zero-order valence-electron chi connectivity index (χ0n) is 18.1. The molecule has 7 nitrogen and oxygen atoms in total. The number of hydrogen-bond acceptors (Lipinski definition) is 7. The molecular weight excluding hydrogens is 462 g/mol. The van der Waals surface area contributed by atoms with Crippen LogP contribution < -0.4 is 9.47 Å². The smallest absolute Gasteiger partial charge is 0.309 e. The number of nitrogens with zero attached hydrogens (tertiary/aromatic N) is 1. The van der Waals surface area contributed by atoms with Gasteiger partial charge in [0.1, 0.15) is 6.61 Å². The molecule has 2 aliphatic heterocycles. The third-order valence-electron chi connectivity index (χ3n) is 6.08. The minimum absolute atomic E-state index is 0.178. The molecule has 0 amide bonds. The molecule has 3 heterocycles. The lowest BCUT2D eigenvalue weighted by Gasteiger charge is -2.30. The summed E-state index contributed by atoms with van der Waals surface area (Å²) in [6, 6.07) is 12.8. The zero-order valence-corrected chi connectivity index (χ0v) is 19.7. The van der Waals surface area contributed by atoms with Crippen LogP contribution in [0, 0.1) is 5.92 Å². The van der Waals surface area contributed by atoms with Crippen molar-refractivity contribution in [2.75, 3.05) is 26.3 Å². The van der Waals surface area contributed by atoms with E-state index < -0.39 is 10.0 Å². The van der Waals surface area contributed by atoms with Gasteiger partial charge in [0, 0.05) is 35.8 Å². The van der Waals surface area contributed by atoms with Crippen molar-refractivity contribution in [3.63, 3.8) is 0 Å². The van der Waals surface area contributed by atoms with Crippen LogP contribution in [0.5, 0.6) is 11.5 Å². The highest BCUT2D eigenvalue weighted by molar-refractivity contribution is 7.89. The first-order valence-corrected chi connectivity index (χ1v) is 13.4. The van der Waals surface area contributed by atoms with E-state index in [0.29, 0.717) is 37.6 Å². The van der Waals surface area contributed by atoms with Crippen molar-refractivity contribution in [1.82, 2.24) is 4.31 Å². The van der Waals surface area contributed by atoms with E-state index in [-0.39, 0.29) is 36.5 Å². The lowest BCUT2D eigenvalue weighted by atomic mass is 9.98. The van der Waals surface area contributed by atoms with Gasteiger partial charge in [0.05, 0.1) is 24.0 Å². The van der Waals surface area contributed by atoms with Gasteiger partial charge >= 0.3 is 5.97 Å². The monoisotopic (exact) mass is 487 g/mol. The topological polar surface area (TPSA) is 82.1 Å². The van der Waals surface area contributed by atoms with Crippen molar-refractivity contribution in [2.45, 2.75) is 30.8 Å². The maximum atomic E-state index is 13.2. The molecule has 0 radical (unpaired) electrons. The van der Waals surface area contributed by atoms with E-state index in [1.807, 2.05) is 29.6 Å². The molecule has 0 bridgehead atoms. The van der Waals surface area contributed by atoms with Gasteiger partial charge in [-0.15, -0.1) is 11.3 Å². The van der Waals surface area contributed by atoms with Gasteiger partial charge in [-0.3, -0.25) is 4.79 Å². The van der Waals surface area contributed by atoms with Gasteiger partial charge in [-0.1, -0.05) is 18.2 Å². The Balaban J connectivity index is 1.19. The summed E-state index contributed by atoms with van der Waals surface area (Å²) in [7, 11) is -3.68. The fourth-order valence-electron chi connectivity index (χ4n) is 4.20. The van der Waals surface area contributed by atoms with E-state index in [9.17, 15) is 13.2 Å². The molecule has 2 aromatic carbocycles. The second-order valence-corrected chi connectivity index (χ2v) is 11.1. The van der Waals surface area contributed by atoms with Gasteiger partial charge in [-0.2, -0.15) is 4.31 Å². The molecule has 0 N–H and O–H groups in total. The van der Waals surface area contributed by atoms with Gasteiger partial charge in [0.25, 0.3) is 0 Å². The zero-order chi connectivity index (χ0) is 22.8. The number of ether oxygens (including phenoxy) is 3. The van der Waals surface area contributed by atoms with E-state index in [0.717, 1.165) is 22.1 Å². The summed E-state index contributed by atoms with van der Waals surface area (Å²) in [5, 5.41) is 3.12. The number of esters is 1. The highest BCUT2D eigenvalue weighted by Gasteiger charge is 2.33. The first-order chi connectivity index (χ1) is 16.0. The highest BCUT2D eigenvalue weighted by Crippen LogP contribution is 2.34. The predicted molar refractivity (Wildman–Crippen MR) is 125 cm³/mol. The Morgan fingerprint density at radius 3 is 2.64 bits per heavy atom. The Morgan fingerprint density at radius 1 is 1.06 bits per heavy atom. The maximum Gasteiger partial charge on any atom is 0.309 e. The average molecular weight is 488 g/mol. The minimum atomic E-state index is -3.68. The second kappa shape index (κ2) is 9.32. The number of fused-ring (bicyclic) bond motifs is 2. The van der Waals surface area contributed by atoms with Gasteiger partial charge in [0.15, 0.2) is 11.5 Å². The van der Waals surface area contributed by atoms with E-state index in [1.165, 1.54) is 10.4 Å². The van der Waals surface area contributed by atoms with Crippen molar-refractivity contribution >= 4 is 37.4 Å². The van der Waals surface area contributed by atoms with Crippen molar-refractivity contribution in [3.8, 4) is 11.5 Å². The van der Waals surface area contributed by atoms with Crippen LogP contribution in [-0.4, -0.2) is 45.0 Å². The number of thiophene rings is 1. The molecule has 0 spiro atoms. The van der Waals surface area contributed by atoms with Gasteiger partial charge < -0.3 is 14.2 Å². The summed E-state index contributed by atoms with van der Waals surface area (Å²) in [6.45, 7) is 1.82. The van der Waals surface area contributed by atoms with Crippen LogP contribution in [-0.2, 0) is 26.2 Å². The molecule has 9 heteroatoms. The molecular formula is C24H25NO6S2. The number of carbonyl (C=O) groups is 1. The van der Waals surface area contributed by atoms with Crippen LogP contribution in [0.25, 0.3) is 10.1 Å². The highest BCUT2D eigenvalue weighted by atomic mass is 32.2. The Labute approximate surface area is 196 Å². The fraction of sp³-hybridized carbons (Fsp3) is 0.375. The molecule has 2 aliphatic rings.